The maximum absolute atomic E-state index is 14.0. The van der Waals surface area contributed by atoms with Crippen molar-refractivity contribution in [1.82, 2.24) is 30.2 Å². The number of nitrogens with zero attached hydrogens (tertiary/aromatic N) is 5. The number of aromatic nitrogens is 5. The van der Waals surface area contributed by atoms with Crippen LogP contribution in [0.15, 0.2) is 43.1 Å². The van der Waals surface area contributed by atoms with Crippen LogP contribution in [0.25, 0.3) is 11.4 Å². The Morgan fingerprint density at radius 1 is 1.03 bits per heavy atom. The normalized spacial score (nSPS) is 19.1. The molecule has 0 saturated heterocycles. The lowest BCUT2D eigenvalue weighted by molar-refractivity contribution is -0.269. The van der Waals surface area contributed by atoms with Gasteiger partial charge in [0, 0.05) is 15.6 Å². The molecule has 3 heterocycles. The van der Waals surface area contributed by atoms with E-state index in [1.807, 2.05) is 5.48 Å². The van der Waals surface area contributed by atoms with Gasteiger partial charge in [-0.2, -0.15) is 31.4 Å². The SMILES string of the molecule is FC(F)(F)c1nc(C2=CC(c3cc(Cl)cc(Cl)c3)(C(F)(F)F)ON2)ncc1-n1cncn1. The van der Waals surface area contributed by atoms with E-state index in [4.69, 9.17) is 28.0 Å². The number of rotatable bonds is 3. The first-order valence-electron chi connectivity index (χ1n) is 8.40. The van der Waals surface area contributed by atoms with Gasteiger partial charge in [-0.25, -0.2) is 19.6 Å². The molecule has 1 aromatic carbocycles. The number of hydrogen-bond donors (Lipinski definition) is 1. The first kappa shape index (κ1) is 22.3. The summed E-state index contributed by atoms with van der Waals surface area (Å²) in [4.78, 5) is 15.5. The Balaban J connectivity index is 1.85. The van der Waals surface area contributed by atoms with Gasteiger partial charge in [0.25, 0.3) is 0 Å². The smallest absolute Gasteiger partial charge is 0.262 e. The summed E-state index contributed by atoms with van der Waals surface area (Å²) in [6.07, 6.45) is -6.77. The predicted octanol–water partition coefficient (Wildman–Crippen LogP) is 4.72. The summed E-state index contributed by atoms with van der Waals surface area (Å²) in [6, 6.07) is 3.15. The summed E-state index contributed by atoms with van der Waals surface area (Å²) in [6.45, 7) is 0. The van der Waals surface area contributed by atoms with E-state index in [1.54, 1.807) is 0 Å². The van der Waals surface area contributed by atoms with Gasteiger partial charge >= 0.3 is 12.4 Å². The molecular formula is C17H8Cl2F6N6O. The summed E-state index contributed by atoms with van der Waals surface area (Å²) >= 11 is 11.6. The Hall–Kier alpha value is -2.90. The molecule has 1 unspecified atom stereocenters. The van der Waals surface area contributed by atoms with Gasteiger partial charge in [-0.15, -0.1) is 0 Å². The van der Waals surface area contributed by atoms with Crippen LogP contribution in [-0.2, 0) is 16.6 Å². The lowest BCUT2D eigenvalue weighted by Crippen LogP contribution is -2.42. The van der Waals surface area contributed by atoms with Crippen molar-refractivity contribution in [2.24, 2.45) is 0 Å². The van der Waals surface area contributed by atoms with Gasteiger partial charge in [-0.1, -0.05) is 23.2 Å². The van der Waals surface area contributed by atoms with Gasteiger partial charge in [0.2, 0.25) is 5.60 Å². The number of alkyl halides is 6. The molecule has 0 radical (unpaired) electrons. The van der Waals surface area contributed by atoms with E-state index in [0.29, 0.717) is 6.08 Å². The Kier molecular flexibility index (Phi) is 5.30. The van der Waals surface area contributed by atoms with Crippen LogP contribution in [0.5, 0.6) is 0 Å². The van der Waals surface area contributed by atoms with E-state index in [2.05, 4.69) is 20.1 Å². The maximum atomic E-state index is 14.0. The molecule has 2 aromatic heterocycles. The molecule has 0 fully saturated rings. The molecule has 0 spiro atoms. The Bertz CT molecular complexity index is 1180. The van der Waals surface area contributed by atoms with Gasteiger partial charge in [-0.3, -0.25) is 10.3 Å². The summed E-state index contributed by atoms with van der Waals surface area (Å²) in [5, 5.41) is 3.39. The van der Waals surface area contributed by atoms with Crippen molar-refractivity contribution in [3.8, 4) is 5.69 Å². The standard InChI is InChI=1S/C17H8Cl2F6N6O/c18-9-1-8(2-10(19)3-9)15(17(23,24)25)4-11(30-32-15)14-27-5-12(31-7-26-6-28-31)13(29-14)16(20,21)22/h1-7,30H. The minimum atomic E-state index is -5.05. The number of hydrogen-bond acceptors (Lipinski definition) is 6. The third-order valence-electron chi connectivity index (χ3n) is 4.33. The highest BCUT2D eigenvalue weighted by atomic mass is 35.5. The lowest BCUT2D eigenvalue weighted by Gasteiger charge is -2.28. The Morgan fingerprint density at radius 3 is 2.28 bits per heavy atom. The predicted molar refractivity (Wildman–Crippen MR) is 98.3 cm³/mol. The molecule has 7 nitrogen and oxygen atoms in total. The molecule has 3 aromatic rings. The second-order valence-corrected chi connectivity index (χ2v) is 7.29. The molecule has 0 saturated carbocycles. The average Bonchev–Trinajstić information content (AvgIpc) is 3.36. The van der Waals surface area contributed by atoms with Crippen LogP contribution < -0.4 is 5.48 Å². The molecule has 168 valence electrons. The molecule has 32 heavy (non-hydrogen) atoms. The Morgan fingerprint density at radius 2 is 1.72 bits per heavy atom. The minimum absolute atomic E-state index is 0.102. The first-order valence-corrected chi connectivity index (χ1v) is 9.16. The van der Waals surface area contributed by atoms with Crippen LogP contribution in [-0.4, -0.2) is 30.9 Å². The van der Waals surface area contributed by atoms with Crippen LogP contribution >= 0.6 is 23.2 Å². The van der Waals surface area contributed by atoms with Crippen LogP contribution in [0.3, 0.4) is 0 Å². The summed E-state index contributed by atoms with van der Waals surface area (Å²) in [5.74, 6) is -0.694. The first-order chi connectivity index (χ1) is 14.9. The molecule has 1 N–H and O–H groups in total. The lowest BCUT2D eigenvalue weighted by atomic mass is 9.92. The van der Waals surface area contributed by atoms with E-state index < -0.39 is 46.4 Å². The fourth-order valence-electron chi connectivity index (χ4n) is 2.94. The van der Waals surface area contributed by atoms with Crippen molar-refractivity contribution in [1.29, 1.82) is 0 Å². The second-order valence-electron chi connectivity index (χ2n) is 6.42. The van der Waals surface area contributed by atoms with Crippen LogP contribution in [0.2, 0.25) is 10.0 Å². The van der Waals surface area contributed by atoms with Crippen molar-refractivity contribution in [3.63, 3.8) is 0 Å². The van der Waals surface area contributed by atoms with E-state index in [9.17, 15) is 26.3 Å². The highest BCUT2D eigenvalue weighted by Crippen LogP contribution is 2.48. The zero-order chi connectivity index (χ0) is 23.3. The molecule has 1 atom stereocenters. The van der Waals surface area contributed by atoms with Crippen molar-refractivity contribution in [3.05, 3.63) is 70.3 Å². The molecule has 0 bridgehead atoms. The number of nitrogens with one attached hydrogen (secondary N) is 1. The van der Waals surface area contributed by atoms with Gasteiger partial charge in [-0.05, 0) is 24.3 Å². The maximum Gasteiger partial charge on any atom is 0.435 e. The minimum Gasteiger partial charge on any atom is -0.262 e. The van der Waals surface area contributed by atoms with E-state index in [1.165, 1.54) is 6.07 Å². The summed E-state index contributed by atoms with van der Waals surface area (Å²) in [5.41, 5.74) is -4.19. The van der Waals surface area contributed by atoms with Gasteiger partial charge in [0.1, 0.15) is 24.0 Å². The quantitative estimate of drug-likeness (QED) is 0.529. The zero-order valence-corrected chi connectivity index (χ0v) is 16.7. The molecule has 1 aliphatic heterocycles. The molecule has 15 heteroatoms. The van der Waals surface area contributed by atoms with Crippen LogP contribution in [0.4, 0.5) is 26.3 Å². The van der Waals surface area contributed by atoms with E-state index >= 15 is 0 Å². The van der Waals surface area contributed by atoms with Crippen molar-refractivity contribution in [2.45, 2.75) is 18.0 Å². The summed E-state index contributed by atoms with van der Waals surface area (Å²) in [7, 11) is 0. The van der Waals surface area contributed by atoms with Crippen molar-refractivity contribution in [2.75, 3.05) is 0 Å². The van der Waals surface area contributed by atoms with Gasteiger partial charge < -0.3 is 0 Å². The van der Waals surface area contributed by atoms with Crippen LogP contribution in [0, 0.1) is 0 Å². The van der Waals surface area contributed by atoms with Gasteiger partial charge in [0.05, 0.1) is 6.20 Å². The molecule has 4 rings (SSSR count). The molecule has 1 aliphatic rings. The Labute approximate surface area is 184 Å². The third-order valence-corrected chi connectivity index (χ3v) is 4.76. The fraction of sp³-hybridized carbons (Fsp3) is 0.176. The largest absolute Gasteiger partial charge is 0.435 e. The van der Waals surface area contributed by atoms with Crippen LogP contribution in [0.1, 0.15) is 17.1 Å². The highest BCUT2D eigenvalue weighted by Gasteiger charge is 2.60. The number of benzene rings is 1. The van der Waals surface area contributed by atoms with Crippen molar-refractivity contribution < 1.29 is 31.2 Å². The average molecular weight is 497 g/mol. The fourth-order valence-corrected chi connectivity index (χ4v) is 3.46. The topological polar surface area (TPSA) is 77.8 Å². The summed E-state index contributed by atoms with van der Waals surface area (Å²) < 4.78 is 83.6. The monoisotopic (exact) mass is 496 g/mol. The molecular weight excluding hydrogens is 489 g/mol. The third kappa shape index (κ3) is 3.87. The highest BCUT2D eigenvalue weighted by molar-refractivity contribution is 6.34. The molecule has 0 amide bonds. The zero-order valence-electron chi connectivity index (χ0n) is 15.2. The number of hydroxylamine groups is 1. The molecule has 0 aliphatic carbocycles. The van der Waals surface area contributed by atoms with E-state index in [0.717, 1.165) is 35.7 Å². The van der Waals surface area contributed by atoms with Gasteiger partial charge in [0.15, 0.2) is 11.5 Å². The van der Waals surface area contributed by atoms with Crippen molar-refractivity contribution >= 4 is 28.9 Å². The second kappa shape index (κ2) is 7.60. The van der Waals surface area contributed by atoms with E-state index in [-0.39, 0.29) is 10.0 Å². The number of halogens is 8.